The third-order valence-electron chi connectivity index (χ3n) is 3.19. The smallest absolute Gasteiger partial charge is 0.176 e. The van der Waals surface area contributed by atoms with Crippen molar-refractivity contribution in [1.82, 2.24) is 0 Å². The molecule has 0 aliphatic rings. The molecule has 0 saturated carbocycles. The standard InChI is InChI=1S/C19H15BrN2O3/c1-3-8-24-19-17(20)9-14(10-18(19)23-2)12-22-25-13-16-7-5-4-6-15(16)11-21/h1,4-7,9-10,12H,8,13H2,2H3/b22-12-. The van der Waals surface area contributed by atoms with Crippen molar-refractivity contribution in [3.63, 3.8) is 0 Å². The van der Waals surface area contributed by atoms with Crippen LogP contribution in [0.1, 0.15) is 16.7 Å². The summed E-state index contributed by atoms with van der Waals surface area (Å²) in [6.45, 7) is 0.353. The molecule has 2 rings (SSSR count). The molecular weight excluding hydrogens is 384 g/mol. The lowest BCUT2D eigenvalue weighted by Crippen LogP contribution is -1.99. The molecule has 0 aliphatic carbocycles. The van der Waals surface area contributed by atoms with Gasteiger partial charge in [0.05, 0.1) is 29.4 Å². The summed E-state index contributed by atoms with van der Waals surface area (Å²) in [5.74, 6) is 3.47. The summed E-state index contributed by atoms with van der Waals surface area (Å²) in [6.07, 6.45) is 6.76. The van der Waals surface area contributed by atoms with Crippen LogP contribution in [-0.2, 0) is 11.4 Å². The van der Waals surface area contributed by atoms with Gasteiger partial charge in [0.2, 0.25) is 0 Å². The van der Waals surface area contributed by atoms with Crippen LogP contribution in [0, 0.1) is 23.7 Å². The Morgan fingerprint density at radius 3 is 2.84 bits per heavy atom. The van der Waals surface area contributed by atoms with Crippen molar-refractivity contribution in [3.8, 4) is 29.9 Å². The molecule has 0 aliphatic heterocycles. The van der Waals surface area contributed by atoms with E-state index in [0.717, 1.165) is 11.1 Å². The van der Waals surface area contributed by atoms with Crippen LogP contribution in [0.4, 0.5) is 0 Å². The highest BCUT2D eigenvalue weighted by Gasteiger charge is 2.10. The lowest BCUT2D eigenvalue weighted by atomic mass is 10.1. The molecule has 0 aromatic heterocycles. The number of nitriles is 1. The average molecular weight is 399 g/mol. The van der Waals surface area contributed by atoms with Crippen LogP contribution in [0.25, 0.3) is 0 Å². The van der Waals surface area contributed by atoms with Gasteiger partial charge < -0.3 is 14.3 Å². The molecule has 25 heavy (non-hydrogen) atoms. The molecule has 0 bridgehead atoms. The highest BCUT2D eigenvalue weighted by molar-refractivity contribution is 9.10. The van der Waals surface area contributed by atoms with Crippen LogP contribution in [0.2, 0.25) is 0 Å². The zero-order valence-corrected chi connectivity index (χ0v) is 15.1. The number of ether oxygens (including phenoxy) is 2. The van der Waals surface area contributed by atoms with Gasteiger partial charge in [-0.15, -0.1) is 6.42 Å². The maximum atomic E-state index is 9.04. The van der Waals surface area contributed by atoms with Crippen LogP contribution in [0.5, 0.6) is 11.5 Å². The maximum absolute atomic E-state index is 9.04. The predicted octanol–water partition coefficient (Wildman–Crippen LogP) is 3.89. The van der Waals surface area contributed by atoms with Crippen LogP contribution in [0.15, 0.2) is 46.0 Å². The van der Waals surface area contributed by atoms with E-state index >= 15 is 0 Å². The number of oxime groups is 1. The highest BCUT2D eigenvalue weighted by Crippen LogP contribution is 2.36. The fraction of sp³-hybridized carbons (Fsp3) is 0.158. The molecule has 5 nitrogen and oxygen atoms in total. The van der Waals surface area contributed by atoms with E-state index in [1.54, 1.807) is 31.5 Å². The van der Waals surface area contributed by atoms with E-state index in [2.05, 4.69) is 33.1 Å². The summed E-state index contributed by atoms with van der Waals surface area (Å²) < 4.78 is 11.5. The van der Waals surface area contributed by atoms with Crippen molar-refractivity contribution in [3.05, 3.63) is 57.6 Å². The van der Waals surface area contributed by atoms with Gasteiger partial charge in [-0.3, -0.25) is 0 Å². The Hall–Kier alpha value is -2.96. The van der Waals surface area contributed by atoms with Crippen molar-refractivity contribution in [2.45, 2.75) is 6.61 Å². The van der Waals surface area contributed by atoms with Crippen LogP contribution >= 0.6 is 15.9 Å². The molecule has 0 radical (unpaired) electrons. The first-order chi connectivity index (χ1) is 12.2. The first-order valence-electron chi connectivity index (χ1n) is 7.26. The van der Waals surface area contributed by atoms with Gasteiger partial charge in [0.1, 0.15) is 13.2 Å². The second-order valence-electron chi connectivity index (χ2n) is 4.80. The summed E-state index contributed by atoms with van der Waals surface area (Å²) in [6, 6.07) is 12.9. The fourth-order valence-corrected chi connectivity index (χ4v) is 2.60. The molecule has 0 saturated heterocycles. The molecule has 6 heteroatoms. The first-order valence-corrected chi connectivity index (χ1v) is 8.06. The Kier molecular flexibility index (Phi) is 6.88. The largest absolute Gasteiger partial charge is 0.493 e. The normalized spacial score (nSPS) is 10.1. The predicted molar refractivity (Wildman–Crippen MR) is 98.6 cm³/mol. The van der Waals surface area contributed by atoms with E-state index in [1.807, 2.05) is 18.2 Å². The minimum Gasteiger partial charge on any atom is -0.493 e. The summed E-state index contributed by atoms with van der Waals surface area (Å²) >= 11 is 3.42. The van der Waals surface area contributed by atoms with Crippen molar-refractivity contribution >= 4 is 22.1 Å². The third-order valence-corrected chi connectivity index (χ3v) is 3.77. The Bertz CT molecular complexity index is 851. The number of benzene rings is 2. The van der Waals surface area contributed by atoms with Gasteiger partial charge in [0.15, 0.2) is 11.5 Å². The fourth-order valence-electron chi connectivity index (χ4n) is 2.03. The number of rotatable bonds is 7. The van der Waals surface area contributed by atoms with Gasteiger partial charge in [-0.1, -0.05) is 29.3 Å². The lowest BCUT2D eigenvalue weighted by molar-refractivity contribution is 0.132. The third kappa shape index (κ3) is 5.00. The van der Waals surface area contributed by atoms with E-state index in [-0.39, 0.29) is 13.2 Å². The SMILES string of the molecule is C#CCOc1c(Br)cc(/C=N\OCc2ccccc2C#N)cc1OC. The number of hydrogen-bond donors (Lipinski definition) is 0. The molecule has 0 amide bonds. The van der Waals surface area contributed by atoms with Gasteiger partial charge in [0.25, 0.3) is 0 Å². The van der Waals surface area contributed by atoms with Crippen molar-refractivity contribution in [1.29, 1.82) is 5.26 Å². The Balaban J connectivity index is 2.07. The minimum absolute atomic E-state index is 0.143. The van der Waals surface area contributed by atoms with Gasteiger partial charge in [-0.25, -0.2) is 0 Å². The molecule has 0 fully saturated rings. The summed E-state index contributed by atoms with van der Waals surface area (Å²) in [5.41, 5.74) is 2.10. The zero-order chi connectivity index (χ0) is 18.1. The summed E-state index contributed by atoms with van der Waals surface area (Å²) in [5, 5.41) is 13.0. The molecule has 0 atom stereocenters. The lowest BCUT2D eigenvalue weighted by Gasteiger charge is -2.11. The van der Waals surface area contributed by atoms with Gasteiger partial charge in [-0.2, -0.15) is 5.26 Å². The number of halogens is 1. The van der Waals surface area contributed by atoms with Crippen LogP contribution in [-0.4, -0.2) is 19.9 Å². The van der Waals surface area contributed by atoms with Gasteiger partial charge in [-0.05, 0) is 34.1 Å². The highest BCUT2D eigenvalue weighted by atomic mass is 79.9. The number of nitrogens with zero attached hydrogens (tertiary/aromatic N) is 2. The van der Waals surface area contributed by atoms with Crippen molar-refractivity contribution in [2.75, 3.05) is 13.7 Å². The molecule has 0 spiro atoms. The Labute approximate surface area is 154 Å². The first kappa shape index (κ1) is 18.4. The van der Waals surface area contributed by atoms with Crippen molar-refractivity contribution < 1.29 is 14.3 Å². The van der Waals surface area contributed by atoms with Gasteiger partial charge in [0, 0.05) is 11.1 Å². The second-order valence-corrected chi connectivity index (χ2v) is 5.66. The summed E-state index contributed by atoms with van der Waals surface area (Å²) in [4.78, 5) is 5.28. The molecular formula is C19H15BrN2O3. The number of methoxy groups -OCH3 is 1. The number of hydrogen-bond acceptors (Lipinski definition) is 5. The quantitative estimate of drug-likeness (QED) is 0.403. The molecule has 2 aromatic rings. The molecule has 2 aromatic carbocycles. The molecule has 0 heterocycles. The molecule has 0 N–H and O–H groups in total. The van der Waals surface area contributed by atoms with Crippen LogP contribution < -0.4 is 9.47 Å². The minimum atomic E-state index is 0.143. The molecule has 126 valence electrons. The number of terminal acetylenes is 1. The van der Waals surface area contributed by atoms with E-state index in [4.69, 9.17) is 26.0 Å². The maximum Gasteiger partial charge on any atom is 0.176 e. The van der Waals surface area contributed by atoms with Crippen LogP contribution in [0.3, 0.4) is 0 Å². The Morgan fingerprint density at radius 1 is 1.32 bits per heavy atom. The van der Waals surface area contributed by atoms with E-state index in [1.165, 1.54) is 0 Å². The van der Waals surface area contributed by atoms with E-state index < -0.39 is 0 Å². The average Bonchev–Trinajstić information content (AvgIpc) is 2.64. The van der Waals surface area contributed by atoms with Gasteiger partial charge >= 0.3 is 0 Å². The monoisotopic (exact) mass is 398 g/mol. The van der Waals surface area contributed by atoms with E-state index in [0.29, 0.717) is 21.5 Å². The zero-order valence-electron chi connectivity index (χ0n) is 13.5. The van der Waals surface area contributed by atoms with Crippen molar-refractivity contribution in [2.24, 2.45) is 5.16 Å². The van der Waals surface area contributed by atoms with E-state index in [9.17, 15) is 0 Å². The topological polar surface area (TPSA) is 63.8 Å². The molecule has 0 unspecified atom stereocenters. The second kappa shape index (κ2) is 9.36. The summed E-state index contributed by atoms with van der Waals surface area (Å²) in [7, 11) is 1.54. The Morgan fingerprint density at radius 2 is 2.12 bits per heavy atom.